The highest BCUT2D eigenvalue weighted by molar-refractivity contribution is 5.69. The first-order valence-electron chi connectivity index (χ1n) is 6.42. The minimum atomic E-state index is -0.948. The molecule has 0 aromatic carbocycles. The molecule has 0 atom stereocenters. The van der Waals surface area contributed by atoms with Gasteiger partial charge in [-0.2, -0.15) is 0 Å². The molecule has 0 aliphatic rings. The summed E-state index contributed by atoms with van der Waals surface area (Å²) in [5.74, 6) is -1.90. The van der Waals surface area contributed by atoms with Crippen molar-refractivity contribution in [2.24, 2.45) is 0 Å². The van der Waals surface area contributed by atoms with Gasteiger partial charge in [-0.25, -0.2) is 14.5 Å². The molecule has 0 aliphatic heterocycles. The van der Waals surface area contributed by atoms with Gasteiger partial charge in [-0.15, -0.1) is 0 Å². The molecule has 0 saturated carbocycles. The third-order valence-corrected chi connectivity index (χ3v) is 1.65. The lowest BCUT2D eigenvalue weighted by atomic mass is 10.2. The number of aliphatic carboxylic acids is 2. The summed E-state index contributed by atoms with van der Waals surface area (Å²) in [6, 6.07) is 0. The van der Waals surface area contributed by atoms with Crippen LogP contribution in [-0.2, 0) is 24.1 Å². The zero-order valence-electron chi connectivity index (χ0n) is 12.1. The van der Waals surface area contributed by atoms with Crippen molar-refractivity contribution in [3.63, 3.8) is 0 Å². The van der Waals surface area contributed by atoms with Crippen molar-refractivity contribution in [3.05, 3.63) is 0 Å². The van der Waals surface area contributed by atoms with Gasteiger partial charge < -0.3 is 25.5 Å². The number of hydrogen-bond acceptors (Lipinski definition) is 9. The van der Waals surface area contributed by atoms with Gasteiger partial charge in [0, 0.05) is 12.8 Å². The van der Waals surface area contributed by atoms with Crippen molar-refractivity contribution in [2.45, 2.75) is 19.3 Å². The van der Waals surface area contributed by atoms with Gasteiger partial charge in [0.25, 0.3) is 0 Å². The Morgan fingerprint density at radius 2 is 1.05 bits per heavy atom. The van der Waals surface area contributed by atoms with Crippen molar-refractivity contribution in [1.82, 2.24) is 5.39 Å². The van der Waals surface area contributed by atoms with E-state index in [1.54, 1.807) is 0 Å². The van der Waals surface area contributed by atoms with E-state index in [4.69, 9.17) is 40.0 Å². The molecule has 11 nitrogen and oxygen atoms in total. The molecule has 0 rings (SSSR count). The summed E-state index contributed by atoms with van der Waals surface area (Å²) in [5, 5.41) is 41.9. The van der Waals surface area contributed by atoms with E-state index in [-0.39, 0.29) is 58.9 Å². The maximum absolute atomic E-state index is 9.79. The fourth-order valence-electron chi connectivity index (χ4n) is 0.849. The Morgan fingerprint density at radius 1 is 0.727 bits per heavy atom. The van der Waals surface area contributed by atoms with E-state index in [9.17, 15) is 9.59 Å². The lowest BCUT2D eigenvalue weighted by Crippen LogP contribution is -2.28. The van der Waals surface area contributed by atoms with E-state index in [0.29, 0.717) is 5.39 Å². The Labute approximate surface area is 127 Å². The second kappa shape index (κ2) is 17.7. The van der Waals surface area contributed by atoms with Gasteiger partial charge in [-0.1, -0.05) is 0 Å². The van der Waals surface area contributed by atoms with Crippen molar-refractivity contribution in [3.8, 4) is 0 Å². The van der Waals surface area contributed by atoms with E-state index < -0.39 is 11.9 Å². The zero-order chi connectivity index (χ0) is 17.2. The van der Waals surface area contributed by atoms with Crippen LogP contribution in [0.1, 0.15) is 19.3 Å². The fourth-order valence-corrected chi connectivity index (χ4v) is 0.849. The van der Waals surface area contributed by atoms with Crippen molar-refractivity contribution < 1.29 is 49.6 Å². The number of carboxylic acids is 2. The van der Waals surface area contributed by atoms with Crippen LogP contribution in [0, 0.1) is 0 Å². The van der Waals surface area contributed by atoms with E-state index >= 15 is 0 Å². The third kappa shape index (κ3) is 21.0. The van der Waals surface area contributed by atoms with Crippen LogP contribution >= 0.6 is 0 Å². The lowest BCUT2D eigenvalue weighted by molar-refractivity contribution is -0.527. The highest BCUT2D eigenvalue weighted by Gasteiger charge is 2.05. The molecular formula is C11H23NO10. The number of carboxylic acid groups (broad SMARTS) is 2. The summed E-state index contributed by atoms with van der Waals surface area (Å²) >= 11 is 0. The summed E-state index contributed by atoms with van der Waals surface area (Å²) in [6.45, 7) is -0.505. The van der Waals surface area contributed by atoms with Gasteiger partial charge in [0.1, 0.15) is 0 Å². The highest BCUT2D eigenvalue weighted by Crippen LogP contribution is 1.94. The van der Waals surface area contributed by atoms with Gasteiger partial charge in [-0.05, 0) is 6.42 Å². The minimum absolute atomic E-state index is 0.0108. The van der Waals surface area contributed by atoms with Crippen LogP contribution in [-0.4, -0.2) is 82.5 Å². The average molecular weight is 329 g/mol. The number of aliphatic hydroxyl groups excluding tert-OH is 3. The Kier molecular flexibility index (Phi) is 18.5. The largest absolute Gasteiger partial charge is 0.481 e. The minimum Gasteiger partial charge on any atom is -0.481 e. The standard InChI is InChI=1S/C6H15NO6.C5H8O4/c8-1-4-11-7(12-5-2-9)13-6-3-10;6-4(7)2-1-3-5(8)9/h8-10H,1-6H2;1-3H2,(H,6,7)(H,8,9). The van der Waals surface area contributed by atoms with E-state index in [0.717, 1.165) is 0 Å². The molecule has 0 amide bonds. The lowest BCUT2D eigenvalue weighted by Gasteiger charge is -2.17. The zero-order valence-corrected chi connectivity index (χ0v) is 12.1. The first-order valence-corrected chi connectivity index (χ1v) is 6.42. The molecule has 22 heavy (non-hydrogen) atoms. The molecule has 0 heterocycles. The Hall–Kier alpha value is -1.34. The van der Waals surface area contributed by atoms with Gasteiger partial charge in [0.2, 0.25) is 0 Å². The molecule has 11 heteroatoms. The van der Waals surface area contributed by atoms with Gasteiger partial charge in [0.05, 0.1) is 45.0 Å². The normalized spacial score (nSPS) is 10.2. The SMILES string of the molecule is O=C(O)CCCC(=O)O.OCCON(OCCO)OCCO. The van der Waals surface area contributed by atoms with Crippen LogP contribution in [0.15, 0.2) is 0 Å². The second-order valence-electron chi connectivity index (χ2n) is 3.54. The van der Waals surface area contributed by atoms with Crippen LogP contribution in [0.2, 0.25) is 0 Å². The molecule has 0 aromatic heterocycles. The highest BCUT2D eigenvalue weighted by atomic mass is 17.2. The van der Waals surface area contributed by atoms with Crippen molar-refractivity contribution in [2.75, 3.05) is 39.6 Å². The molecule has 0 unspecified atom stereocenters. The summed E-state index contributed by atoms with van der Waals surface area (Å²) < 4.78 is 0. The molecule has 0 radical (unpaired) electrons. The summed E-state index contributed by atoms with van der Waals surface area (Å²) in [5.41, 5.74) is 0. The summed E-state index contributed by atoms with van der Waals surface area (Å²) in [7, 11) is 0. The second-order valence-corrected chi connectivity index (χ2v) is 3.54. The van der Waals surface area contributed by atoms with Crippen LogP contribution in [0.25, 0.3) is 0 Å². The average Bonchev–Trinajstić information content (AvgIpc) is 2.46. The first-order chi connectivity index (χ1) is 10.5. The van der Waals surface area contributed by atoms with E-state index in [1.165, 1.54) is 0 Å². The van der Waals surface area contributed by atoms with E-state index in [1.807, 2.05) is 0 Å². The molecule has 0 fully saturated rings. The Balaban J connectivity index is 0. The number of carbonyl (C=O) groups is 2. The third-order valence-electron chi connectivity index (χ3n) is 1.65. The molecule has 0 aromatic rings. The topological polar surface area (TPSA) is 166 Å². The van der Waals surface area contributed by atoms with Crippen LogP contribution in [0.3, 0.4) is 0 Å². The molecule has 0 aliphatic carbocycles. The van der Waals surface area contributed by atoms with Gasteiger partial charge in [0.15, 0.2) is 0 Å². The Morgan fingerprint density at radius 3 is 1.27 bits per heavy atom. The quantitative estimate of drug-likeness (QED) is 0.246. The predicted octanol–water partition coefficient (Wildman–Crippen LogP) is -1.61. The van der Waals surface area contributed by atoms with Gasteiger partial charge >= 0.3 is 11.9 Å². The Bertz CT molecular complexity index is 243. The van der Waals surface area contributed by atoms with Crippen molar-refractivity contribution in [1.29, 1.82) is 0 Å². The van der Waals surface area contributed by atoms with Crippen LogP contribution in [0.4, 0.5) is 0 Å². The number of aliphatic hydroxyl groups is 3. The summed E-state index contributed by atoms with van der Waals surface area (Å²) in [6.07, 6.45) is 0.0866. The number of nitrogens with zero attached hydrogens (tertiary/aromatic N) is 1. The molecule has 0 spiro atoms. The van der Waals surface area contributed by atoms with Gasteiger partial charge in [-0.3, -0.25) is 9.59 Å². The van der Waals surface area contributed by atoms with Crippen LogP contribution < -0.4 is 0 Å². The molecule has 0 saturated heterocycles. The molecule has 132 valence electrons. The van der Waals surface area contributed by atoms with E-state index in [2.05, 4.69) is 0 Å². The first kappa shape index (κ1) is 22.9. The van der Waals surface area contributed by atoms with Crippen molar-refractivity contribution >= 4 is 11.9 Å². The molecule has 5 N–H and O–H groups in total. The fraction of sp³-hybridized carbons (Fsp3) is 0.818. The maximum Gasteiger partial charge on any atom is 0.303 e. The number of hydrogen-bond donors (Lipinski definition) is 5. The number of rotatable bonds is 13. The van der Waals surface area contributed by atoms with Crippen LogP contribution in [0.5, 0.6) is 0 Å². The smallest absolute Gasteiger partial charge is 0.303 e. The molecular weight excluding hydrogens is 306 g/mol. The maximum atomic E-state index is 9.79. The predicted molar refractivity (Wildman–Crippen MR) is 70.1 cm³/mol. The summed E-state index contributed by atoms with van der Waals surface area (Å²) in [4.78, 5) is 33.7. The monoisotopic (exact) mass is 329 g/mol. The molecule has 0 bridgehead atoms.